The molecule has 2 rings (SSSR count). The first-order valence-corrected chi connectivity index (χ1v) is 8.16. The van der Waals surface area contributed by atoms with Crippen LogP contribution in [0.1, 0.15) is 44.2 Å². The van der Waals surface area contributed by atoms with E-state index in [0.717, 1.165) is 0 Å². The molecule has 0 bridgehead atoms. The van der Waals surface area contributed by atoms with Gasteiger partial charge in [-0.3, -0.25) is 0 Å². The molecule has 1 nitrogen and oxygen atoms in total. The van der Waals surface area contributed by atoms with E-state index >= 15 is 0 Å². The topological polar surface area (TPSA) is 12.0 Å². The summed E-state index contributed by atoms with van der Waals surface area (Å²) in [6, 6.07) is 11.0. The second-order valence-corrected chi connectivity index (χ2v) is 7.60. The lowest BCUT2D eigenvalue weighted by Gasteiger charge is -2.25. The van der Waals surface area contributed by atoms with Crippen LogP contribution in [0.25, 0.3) is 0 Å². The number of halogens is 1. The quantitative estimate of drug-likeness (QED) is 0.726. The van der Waals surface area contributed by atoms with Crippen LogP contribution in [0.15, 0.2) is 40.2 Å². The van der Waals surface area contributed by atoms with Gasteiger partial charge in [-0.25, -0.2) is 0 Å². The molecule has 0 amide bonds. The molecule has 1 unspecified atom stereocenters. The Hall–Kier alpha value is -0.800. The predicted molar refractivity (Wildman–Crippen MR) is 89.2 cm³/mol. The molecular formula is C16H20BrNS. The first-order chi connectivity index (χ1) is 8.89. The van der Waals surface area contributed by atoms with E-state index in [-0.39, 0.29) is 5.41 Å². The van der Waals surface area contributed by atoms with Crippen molar-refractivity contribution in [1.82, 2.24) is 0 Å². The third kappa shape index (κ3) is 3.40. The predicted octanol–water partition coefficient (Wildman–Crippen LogP) is 5.98. The largest absolute Gasteiger partial charge is 0.377 e. The molecule has 1 atom stereocenters. The van der Waals surface area contributed by atoms with Crippen molar-refractivity contribution in [3.8, 4) is 0 Å². The van der Waals surface area contributed by atoms with E-state index in [1.165, 1.54) is 20.6 Å². The maximum absolute atomic E-state index is 3.64. The summed E-state index contributed by atoms with van der Waals surface area (Å²) in [6.45, 7) is 8.95. The van der Waals surface area contributed by atoms with Crippen molar-refractivity contribution >= 4 is 33.0 Å². The summed E-state index contributed by atoms with van der Waals surface area (Å²) in [5, 5.41) is 5.76. The number of hydrogen-bond donors (Lipinski definition) is 1. The number of para-hydroxylation sites is 1. The monoisotopic (exact) mass is 337 g/mol. The van der Waals surface area contributed by atoms with Gasteiger partial charge in [-0.1, -0.05) is 39.0 Å². The molecule has 3 heteroatoms. The van der Waals surface area contributed by atoms with Crippen molar-refractivity contribution < 1.29 is 0 Å². The molecule has 1 heterocycles. The molecule has 0 saturated carbocycles. The number of nitrogens with one attached hydrogen (secondary N) is 1. The normalized spacial score (nSPS) is 13.3. The summed E-state index contributed by atoms with van der Waals surface area (Å²) in [5.41, 5.74) is 2.73. The van der Waals surface area contributed by atoms with Crippen LogP contribution in [0.3, 0.4) is 0 Å². The molecule has 0 aliphatic heterocycles. The number of anilines is 1. The Morgan fingerprint density at radius 1 is 1.16 bits per heavy atom. The number of hydrogen-bond acceptors (Lipinski definition) is 2. The molecule has 1 aromatic heterocycles. The Balaban J connectivity index is 2.27. The first-order valence-electron chi connectivity index (χ1n) is 6.48. The van der Waals surface area contributed by atoms with E-state index in [9.17, 15) is 0 Å². The minimum atomic E-state index is 0.149. The van der Waals surface area contributed by atoms with Crippen molar-refractivity contribution in [2.45, 2.75) is 39.2 Å². The van der Waals surface area contributed by atoms with E-state index in [0.29, 0.717) is 6.04 Å². The van der Waals surface area contributed by atoms with Gasteiger partial charge in [0.15, 0.2) is 0 Å². The highest BCUT2D eigenvalue weighted by Crippen LogP contribution is 2.34. The minimum absolute atomic E-state index is 0.149. The van der Waals surface area contributed by atoms with Gasteiger partial charge >= 0.3 is 0 Å². The fourth-order valence-electron chi connectivity index (χ4n) is 2.18. The number of benzene rings is 1. The highest BCUT2D eigenvalue weighted by atomic mass is 79.9. The molecule has 19 heavy (non-hydrogen) atoms. The van der Waals surface area contributed by atoms with Crippen LogP contribution in [-0.2, 0) is 5.41 Å². The molecule has 2 aromatic rings. The van der Waals surface area contributed by atoms with E-state index in [1.807, 2.05) is 0 Å². The van der Waals surface area contributed by atoms with E-state index < -0.39 is 0 Å². The lowest BCUT2D eigenvalue weighted by Crippen LogP contribution is -2.16. The Kier molecular flexibility index (Phi) is 4.36. The molecule has 0 fully saturated rings. The second kappa shape index (κ2) is 5.68. The minimum Gasteiger partial charge on any atom is -0.377 e. The van der Waals surface area contributed by atoms with Gasteiger partial charge in [0.1, 0.15) is 0 Å². The summed E-state index contributed by atoms with van der Waals surface area (Å²) in [6.07, 6.45) is 0. The van der Waals surface area contributed by atoms with Gasteiger partial charge in [-0.15, -0.1) is 11.3 Å². The molecule has 1 N–H and O–H groups in total. The standard InChI is InChI=1S/C16H20BrNS/c1-11(15-13(17)9-10-19-15)18-14-8-6-5-7-12(14)16(2,3)4/h5-11,18H,1-4H3. The van der Waals surface area contributed by atoms with Crippen LogP contribution >= 0.6 is 27.3 Å². The Labute approximate surface area is 128 Å². The van der Waals surface area contributed by atoms with Crippen LogP contribution in [0.4, 0.5) is 5.69 Å². The van der Waals surface area contributed by atoms with Gasteiger partial charge in [0.2, 0.25) is 0 Å². The SMILES string of the molecule is CC(Nc1ccccc1C(C)(C)C)c1sccc1Br. The highest BCUT2D eigenvalue weighted by molar-refractivity contribution is 9.10. The Morgan fingerprint density at radius 3 is 2.42 bits per heavy atom. The van der Waals surface area contributed by atoms with Crippen molar-refractivity contribution in [2.24, 2.45) is 0 Å². The van der Waals surface area contributed by atoms with Crippen LogP contribution in [0.2, 0.25) is 0 Å². The average molecular weight is 338 g/mol. The van der Waals surface area contributed by atoms with Crippen molar-refractivity contribution in [1.29, 1.82) is 0 Å². The zero-order valence-corrected chi connectivity index (χ0v) is 14.2. The van der Waals surface area contributed by atoms with Gasteiger partial charge in [-0.05, 0) is 51.3 Å². The fourth-order valence-corrected chi connectivity index (χ4v) is 3.90. The van der Waals surface area contributed by atoms with E-state index in [2.05, 4.69) is 84.7 Å². The van der Waals surface area contributed by atoms with Crippen molar-refractivity contribution in [3.05, 3.63) is 50.6 Å². The van der Waals surface area contributed by atoms with Gasteiger partial charge in [0.05, 0.1) is 6.04 Å². The van der Waals surface area contributed by atoms with Crippen LogP contribution < -0.4 is 5.32 Å². The second-order valence-electron chi connectivity index (χ2n) is 5.79. The molecule has 1 aromatic carbocycles. The molecule has 0 saturated heterocycles. The number of rotatable bonds is 3. The Morgan fingerprint density at radius 2 is 1.84 bits per heavy atom. The van der Waals surface area contributed by atoms with E-state index in [1.54, 1.807) is 11.3 Å². The molecule has 0 aliphatic rings. The molecule has 0 radical (unpaired) electrons. The smallest absolute Gasteiger partial charge is 0.0589 e. The van der Waals surface area contributed by atoms with Crippen LogP contribution in [-0.4, -0.2) is 0 Å². The van der Waals surface area contributed by atoms with Gasteiger partial charge in [0.25, 0.3) is 0 Å². The summed E-state index contributed by atoms with van der Waals surface area (Å²) >= 11 is 5.39. The first kappa shape index (κ1) is 14.6. The van der Waals surface area contributed by atoms with Gasteiger partial charge < -0.3 is 5.32 Å². The summed E-state index contributed by atoms with van der Waals surface area (Å²) in [5.74, 6) is 0. The molecular weight excluding hydrogens is 318 g/mol. The van der Waals surface area contributed by atoms with Crippen LogP contribution in [0.5, 0.6) is 0 Å². The molecule has 0 spiro atoms. The van der Waals surface area contributed by atoms with Gasteiger partial charge in [0, 0.05) is 15.0 Å². The fraction of sp³-hybridized carbons (Fsp3) is 0.375. The summed E-state index contributed by atoms with van der Waals surface area (Å²) in [7, 11) is 0. The third-order valence-electron chi connectivity index (χ3n) is 3.15. The van der Waals surface area contributed by atoms with Crippen LogP contribution in [0, 0.1) is 0 Å². The Bertz CT molecular complexity index is 554. The van der Waals surface area contributed by atoms with E-state index in [4.69, 9.17) is 0 Å². The lowest BCUT2D eigenvalue weighted by molar-refractivity contribution is 0.591. The maximum atomic E-state index is 3.64. The lowest BCUT2D eigenvalue weighted by atomic mass is 9.85. The third-order valence-corrected chi connectivity index (χ3v) is 5.20. The van der Waals surface area contributed by atoms with Crippen molar-refractivity contribution in [3.63, 3.8) is 0 Å². The molecule has 0 aliphatic carbocycles. The maximum Gasteiger partial charge on any atom is 0.0589 e. The summed E-state index contributed by atoms with van der Waals surface area (Å²) < 4.78 is 1.19. The zero-order chi connectivity index (χ0) is 14.0. The average Bonchev–Trinajstić information content (AvgIpc) is 2.75. The van der Waals surface area contributed by atoms with Gasteiger partial charge in [-0.2, -0.15) is 0 Å². The summed E-state index contributed by atoms with van der Waals surface area (Å²) in [4.78, 5) is 1.34. The highest BCUT2D eigenvalue weighted by Gasteiger charge is 2.19. The number of thiophene rings is 1. The van der Waals surface area contributed by atoms with Crippen molar-refractivity contribution in [2.75, 3.05) is 5.32 Å². The molecule has 102 valence electrons. The zero-order valence-electron chi connectivity index (χ0n) is 11.8.